The summed E-state index contributed by atoms with van der Waals surface area (Å²) >= 11 is 2.84. The van der Waals surface area contributed by atoms with Gasteiger partial charge in [-0.05, 0) is 24.3 Å². The molecule has 0 aliphatic carbocycles. The van der Waals surface area contributed by atoms with Gasteiger partial charge >= 0.3 is 5.97 Å². The maximum Gasteiger partial charge on any atom is 0.306 e. The van der Waals surface area contributed by atoms with Crippen LogP contribution in [0.1, 0.15) is 24.6 Å². The van der Waals surface area contributed by atoms with E-state index in [4.69, 9.17) is 5.11 Å². The predicted octanol–water partition coefficient (Wildman–Crippen LogP) is 2.70. The zero-order chi connectivity index (χ0) is 18.7. The van der Waals surface area contributed by atoms with Crippen molar-refractivity contribution in [1.82, 2.24) is 9.88 Å². The number of hydrogen-bond donors (Lipinski definition) is 2. The molecule has 0 atom stereocenters. The van der Waals surface area contributed by atoms with Gasteiger partial charge in [0, 0.05) is 24.9 Å². The number of rotatable bonds is 5. The number of carbonyl (C=O) groups is 3. The maximum atomic E-state index is 12.7. The van der Waals surface area contributed by atoms with E-state index in [1.54, 1.807) is 4.90 Å². The standard InChI is InChI=1S/C17H19N3O4S2/c1-10(21)18-17-19-15(12-3-2-8-25-12)13(26-17)9-14(22)20-6-4-11(5-7-20)16(23)24/h2-3,8,11H,4-7,9H2,1H3,(H,23,24)(H,18,19,21). The van der Waals surface area contributed by atoms with E-state index in [9.17, 15) is 14.4 Å². The molecule has 1 aliphatic rings. The number of hydrogen-bond acceptors (Lipinski definition) is 6. The second kappa shape index (κ2) is 7.96. The molecule has 138 valence electrons. The molecule has 2 aromatic rings. The lowest BCUT2D eigenvalue weighted by Gasteiger charge is -2.30. The summed E-state index contributed by atoms with van der Waals surface area (Å²) in [5.41, 5.74) is 0.725. The van der Waals surface area contributed by atoms with Crippen LogP contribution in [-0.2, 0) is 20.8 Å². The molecular formula is C17H19N3O4S2. The first-order valence-corrected chi connectivity index (χ1v) is 9.95. The highest BCUT2D eigenvalue weighted by atomic mass is 32.1. The Bertz CT molecular complexity index is 808. The number of nitrogens with zero attached hydrogens (tertiary/aromatic N) is 2. The number of likely N-dealkylation sites (tertiary alicyclic amines) is 1. The fourth-order valence-electron chi connectivity index (χ4n) is 2.91. The summed E-state index contributed by atoms with van der Waals surface area (Å²) in [6, 6.07) is 3.85. The van der Waals surface area contributed by atoms with E-state index in [1.807, 2.05) is 17.5 Å². The first-order valence-electron chi connectivity index (χ1n) is 8.25. The highest BCUT2D eigenvalue weighted by molar-refractivity contribution is 7.17. The molecule has 1 saturated heterocycles. The molecule has 3 rings (SSSR count). The van der Waals surface area contributed by atoms with Crippen molar-refractivity contribution >= 4 is 45.6 Å². The lowest BCUT2D eigenvalue weighted by Crippen LogP contribution is -2.40. The highest BCUT2D eigenvalue weighted by Gasteiger charge is 2.28. The number of carbonyl (C=O) groups excluding carboxylic acids is 2. The van der Waals surface area contributed by atoms with Crippen molar-refractivity contribution in [3.8, 4) is 10.6 Å². The van der Waals surface area contributed by atoms with Crippen LogP contribution in [0, 0.1) is 5.92 Å². The van der Waals surface area contributed by atoms with Gasteiger partial charge in [-0.3, -0.25) is 14.4 Å². The quantitative estimate of drug-likeness (QED) is 0.814. The molecule has 7 nitrogen and oxygen atoms in total. The van der Waals surface area contributed by atoms with Gasteiger partial charge in [0.2, 0.25) is 11.8 Å². The van der Waals surface area contributed by atoms with Crippen molar-refractivity contribution in [3.63, 3.8) is 0 Å². The molecule has 3 heterocycles. The van der Waals surface area contributed by atoms with Crippen molar-refractivity contribution in [2.75, 3.05) is 18.4 Å². The summed E-state index contributed by atoms with van der Waals surface area (Å²) in [5, 5.41) is 14.2. The minimum Gasteiger partial charge on any atom is -0.481 e. The molecule has 0 radical (unpaired) electrons. The molecule has 26 heavy (non-hydrogen) atoms. The summed E-state index contributed by atoms with van der Waals surface area (Å²) in [6.45, 7) is 2.34. The van der Waals surface area contributed by atoms with E-state index in [2.05, 4.69) is 10.3 Å². The number of amides is 2. The summed E-state index contributed by atoms with van der Waals surface area (Å²) in [4.78, 5) is 43.0. The van der Waals surface area contributed by atoms with Gasteiger partial charge in [0.25, 0.3) is 0 Å². The van der Waals surface area contributed by atoms with Crippen molar-refractivity contribution in [3.05, 3.63) is 22.4 Å². The molecule has 0 unspecified atom stereocenters. The number of nitrogens with one attached hydrogen (secondary N) is 1. The van der Waals surface area contributed by atoms with E-state index in [1.165, 1.54) is 29.6 Å². The van der Waals surface area contributed by atoms with Crippen LogP contribution < -0.4 is 5.32 Å². The lowest BCUT2D eigenvalue weighted by atomic mass is 9.97. The Kier molecular flexibility index (Phi) is 5.67. The van der Waals surface area contributed by atoms with E-state index in [0.717, 1.165) is 15.4 Å². The number of aliphatic carboxylic acids is 1. The monoisotopic (exact) mass is 393 g/mol. The van der Waals surface area contributed by atoms with Crippen LogP contribution >= 0.6 is 22.7 Å². The second-order valence-electron chi connectivity index (χ2n) is 6.12. The smallest absolute Gasteiger partial charge is 0.306 e. The summed E-state index contributed by atoms with van der Waals surface area (Å²) in [6.07, 6.45) is 1.17. The van der Waals surface area contributed by atoms with Gasteiger partial charge < -0.3 is 15.3 Å². The fraction of sp³-hybridized carbons (Fsp3) is 0.412. The second-order valence-corrected chi connectivity index (χ2v) is 8.15. The van der Waals surface area contributed by atoms with Crippen LogP contribution in [0.4, 0.5) is 5.13 Å². The number of carboxylic acids is 1. The predicted molar refractivity (Wildman–Crippen MR) is 100 cm³/mol. The molecule has 2 aromatic heterocycles. The molecule has 1 fully saturated rings. The van der Waals surface area contributed by atoms with E-state index in [-0.39, 0.29) is 24.2 Å². The normalized spacial score (nSPS) is 15.0. The number of thiazole rings is 1. The minimum absolute atomic E-state index is 0.0373. The van der Waals surface area contributed by atoms with Gasteiger partial charge in [0.15, 0.2) is 5.13 Å². The maximum absolute atomic E-state index is 12.7. The SMILES string of the molecule is CC(=O)Nc1nc(-c2cccs2)c(CC(=O)N2CCC(C(=O)O)CC2)s1. The van der Waals surface area contributed by atoms with Gasteiger partial charge in [0.1, 0.15) is 0 Å². The number of aromatic nitrogens is 1. The van der Waals surface area contributed by atoms with Crippen molar-refractivity contribution in [2.45, 2.75) is 26.2 Å². The number of piperidine rings is 1. The zero-order valence-electron chi connectivity index (χ0n) is 14.2. The van der Waals surface area contributed by atoms with Gasteiger partial charge in [-0.2, -0.15) is 0 Å². The van der Waals surface area contributed by atoms with Crippen LogP contribution in [0.15, 0.2) is 17.5 Å². The Balaban J connectivity index is 1.74. The largest absolute Gasteiger partial charge is 0.481 e. The molecule has 9 heteroatoms. The van der Waals surface area contributed by atoms with Crippen LogP contribution in [0.25, 0.3) is 10.6 Å². The van der Waals surface area contributed by atoms with Crippen LogP contribution in [0.3, 0.4) is 0 Å². The van der Waals surface area contributed by atoms with Crippen LogP contribution in [-0.4, -0.2) is 45.9 Å². The molecule has 0 aromatic carbocycles. The summed E-state index contributed by atoms with van der Waals surface area (Å²) in [7, 11) is 0. The average molecular weight is 393 g/mol. The molecule has 2 amide bonds. The molecule has 2 N–H and O–H groups in total. The first-order chi connectivity index (χ1) is 12.4. The van der Waals surface area contributed by atoms with Gasteiger partial charge in [-0.25, -0.2) is 4.98 Å². The Morgan fingerprint density at radius 2 is 2.08 bits per heavy atom. The summed E-state index contributed by atoms with van der Waals surface area (Å²) < 4.78 is 0. The minimum atomic E-state index is -0.792. The van der Waals surface area contributed by atoms with Crippen LogP contribution in [0.2, 0.25) is 0 Å². The number of anilines is 1. The topological polar surface area (TPSA) is 99.6 Å². The van der Waals surface area contributed by atoms with Crippen molar-refractivity contribution in [1.29, 1.82) is 0 Å². The number of carboxylic acid groups (broad SMARTS) is 1. The third-order valence-electron chi connectivity index (χ3n) is 4.24. The molecule has 0 spiro atoms. The Morgan fingerprint density at radius 3 is 2.65 bits per heavy atom. The molecular weight excluding hydrogens is 374 g/mol. The van der Waals surface area contributed by atoms with E-state index < -0.39 is 5.97 Å². The highest BCUT2D eigenvalue weighted by Crippen LogP contribution is 2.34. The Labute approximate surface area is 158 Å². The van der Waals surface area contributed by atoms with Gasteiger partial charge in [-0.15, -0.1) is 22.7 Å². The Morgan fingerprint density at radius 1 is 1.35 bits per heavy atom. The Hall–Kier alpha value is -2.26. The number of thiophene rings is 1. The van der Waals surface area contributed by atoms with Gasteiger partial charge in [0.05, 0.1) is 22.9 Å². The zero-order valence-corrected chi connectivity index (χ0v) is 15.9. The summed E-state index contributed by atoms with van der Waals surface area (Å²) in [5.74, 6) is -1.40. The fourth-order valence-corrected chi connectivity index (χ4v) is 4.73. The average Bonchev–Trinajstić information content (AvgIpc) is 3.24. The first kappa shape index (κ1) is 18.5. The van der Waals surface area contributed by atoms with Gasteiger partial charge in [-0.1, -0.05) is 6.07 Å². The van der Waals surface area contributed by atoms with E-state index >= 15 is 0 Å². The van der Waals surface area contributed by atoms with Crippen molar-refractivity contribution < 1.29 is 19.5 Å². The lowest BCUT2D eigenvalue weighted by molar-refractivity contribution is -0.145. The van der Waals surface area contributed by atoms with Crippen molar-refractivity contribution in [2.24, 2.45) is 5.92 Å². The third kappa shape index (κ3) is 4.28. The molecule has 0 saturated carbocycles. The van der Waals surface area contributed by atoms with Crippen LogP contribution in [0.5, 0.6) is 0 Å². The molecule has 1 aliphatic heterocycles. The van der Waals surface area contributed by atoms with E-state index in [0.29, 0.717) is 31.1 Å². The third-order valence-corrected chi connectivity index (χ3v) is 6.09. The molecule has 0 bridgehead atoms.